The predicted molar refractivity (Wildman–Crippen MR) is 122 cm³/mol. The number of hydrogen-bond acceptors (Lipinski definition) is 7. The van der Waals surface area contributed by atoms with Crippen molar-refractivity contribution in [3.05, 3.63) is 0 Å². The Balaban J connectivity index is 1.11. The molecule has 0 amide bonds. The zero-order valence-electron chi connectivity index (χ0n) is 20.4. The second-order valence-electron chi connectivity index (χ2n) is 10.2. The normalized spacial score (nSPS) is 36.1. The van der Waals surface area contributed by atoms with Crippen LogP contribution >= 0.6 is 0 Å². The highest BCUT2D eigenvalue weighted by Crippen LogP contribution is 2.44. The minimum Gasteiger partial charge on any atom is -0.465 e. The molecule has 8 atom stereocenters. The van der Waals surface area contributed by atoms with Crippen molar-refractivity contribution in [2.45, 2.75) is 128 Å². The Hall–Kier alpha value is -1.18. The minimum atomic E-state index is -0.457. The summed E-state index contributed by atoms with van der Waals surface area (Å²) in [5.74, 6) is -1.48. The third-order valence-electron chi connectivity index (χ3n) is 7.57. The molecule has 1 aliphatic carbocycles. The van der Waals surface area contributed by atoms with E-state index in [1.54, 1.807) is 0 Å². The first-order chi connectivity index (χ1) is 16.1. The first-order valence-corrected chi connectivity index (χ1v) is 13.4. The first-order valence-electron chi connectivity index (χ1n) is 13.4. The van der Waals surface area contributed by atoms with E-state index in [0.29, 0.717) is 50.5 Å². The van der Waals surface area contributed by atoms with Gasteiger partial charge in [-0.3, -0.25) is 9.59 Å². The van der Waals surface area contributed by atoms with Crippen molar-refractivity contribution in [2.75, 3.05) is 13.2 Å². The Bertz CT molecular complexity index is 599. The summed E-state index contributed by atoms with van der Waals surface area (Å²) in [7, 11) is 0. The number of rotatable bonds is 16. The summed E-state index contributed by atoms with van der Waals surface area (Å²) in [6.07, 6.45) is 13.3. The van der Waals surface area contributed by atoms with Gasteiger partial charge in [0, 0.05) is 0 Å². The van der Waals surface area contributed by atoms with E-state index >= 15 is 0 Å². The van der Waals surface area contributed by atoms with Crippen LogP contribution in [0.15, 0.2) is 0 Å². The van der Waals surface area contributed by atoms with Crippen molar-refractivity contribution in [1.82, 2.24) is 0 Å². The summed E-state index contributed by atoms with van der Waals surface area (Å²) in [4.78, 5) is 25.5. The number of ether oxygens (including phenoxy) is 5. The van der Waals surface area contributed by atoms with Crippen LogP contribution < -0.4 is 0 Å². The molecule has 3 heterocycles. The van der Waals surface area contributed by atoms with Crippen molar-refractivity contribution >= 4 is 11.9 Å². The second-order valence-corrected chi connectivity index (χ2v) is 10.2. The third-order valence-corrected chi connectivity index (χ3v) is 7.57. The number of hydrogen-bond donors (Lipinski definition) is 0. The van der Waals surface area contributed by atoms with Gasteiger partial charge >= 0.3 is 11.9 Å². The number of carbonyl (C=O) groups excluding carboxylic acids is 2. The Morgan fingerprint density at radius 3 is 1.42 bits per heavy atom. The van der Waals surface area contributed by atoms with Gasteiger partial charge in [0.25, 0.3) is 0 Å². The van der Waals surface area contributed by atoms with E-state index in [0.717, 1.165) is 38.5 Å². The summed E-state index contributed by atoms with van der Waals surface area (Å²) in [6, 6.07) is 0. The fourth-order valence-electron chi connectivity index (χ4n) is 5.26. The standard InChI is InChI=1S/C26H42O7/c1-3-5-9-19-21(31-19)11-7-13-29-25(27)17-15-23-24(33-23)16-18(17)26(28)30-14-8-12-22-20(32-22)10-6-4-2/h17-24H,3-16H2,1-2H3. The van der Waals surface area contributed by atoms with E-state index in [2.05, 4.69) is 13.8 Å². The Morgan fingerprint density at radius 2 is 1.03 bits per heavy atom. The number of carbonyl (C=O) groups is 2. The molecule has 3 aliphatic heterocycles. The fraction of sp³-hybridized carbons (Fsp3) is 0.923. The van der Waals surface area contributed by atoms with Crippen LogP contribution in [-0.2, 0) is 33.3 Å². The maximum atomic E-state index is 12.8. The molecule has 7 heteroatoms. The van der Waals surface area contributed by atoms with Gasteiger partial charge in [-0.15, -0.1) is 0 Å². The lowest BCUT2D eigenvalue weighted by molar-refractivity contribution is -0.162. The van der Waals surface area contributed by atoms with Crippen LogP contribution in [-0.4, -0.2) is 61.8 Å². The highest BCUT2D eigenvalue weighted by Gasteiger charge is 2.53. The SMILES string of the molecule is CCCCC1OC1CCCOC(=O)C1CC2OC2CC1C(=O)OCCCC1OC1CCCC. The average Bonchev–Trinajstić information content (AvgIpc) is 3.71. The zero-order valence-corrected chi connectivity index (χ0v) is 20.4. The highest BCUT2D eigenvalue weighted by atomic mass is 16.6. The molecular formula is C26H42O7. The molecule has 0 spiro atoms. The molecule has 3 saturated heterocycles. The quantitative estimate of drug-likeness (QED) is 0.190. The zero-order chi connectivity index (χ0) is 23.2. The van der Waals surface area contributed by atoms with E-state index in [1.165, 1.54) is 25.7 Å². The topological polar surface area (TPSA) is 90.2 Å². The van der Waals surface area contributed by atoms with Crippen molar-refractivity contribution in [1.29, 1.82) is 0 Å². The molecule has 33 heavy (non-hydrogen) atoms. The number of fused-ring (bicyclic) bond motifs is 1. The largest absolute Gasteiger partial charge is 0.465 e. The lowest BCUT2D eigenvalue weighted by Gasteiger charge is -2.26. The summed E-state index contributed by atoms with van der Waals surface area (Å²) < 4.78 is 28.1. The van der Waals surface area contributed by atoms with Gasteiger partial charge in [0.05, 0.1) is 61.7 Å². The van der Waals surface area contributed by atoms with Gasteiger partial charge in [-0.1, -0.05) is 39.5 Å². The van der Waals surface area contributed by atoms with Crippen LogP contribution in [0.3, 0.4) is 0 Å². The lowest BCUT2D eigenvalue weighted by atomic mass is 9.79. The first kappa shape index (κ1) is 24.9. The van der Waals surface area contributed by atoms with Gasteiger partial charge in [-0.05, 0) is 51.4 Å². The maximum Gasteiger partial charge on any atom is 0.309 e. The van der Waals surface area contributed by atoms with E-state index in [1.807, 2.05) is 0 Å². The lowest BCUT2D eigenvalue weighted by Crippen LogP contribution is -2.38. The molecule has 0 aromatic carbocycles. The third kappa shape index (κ3) is 7.40. The van der Waals surface area contributed by atoms with E-state index in [9.17, 15) is 9.59 Å². The van der Waals surface area contributed by atoms with E-state index in [4.69, 9.17) is 23.7 Å². The highest BCUT2D eigenvalue weighted by molar-refractivity contribution is 5.82. The van der Waals surface area contributed by atoms with Gasteiger partial charge in [-0.2, -0.15) is 0 Å². The van der Waals surface area contributed by atoms with Crippen LogP contribution in [0.4, 0.5) is 0 Å². The molecule has 0 bridgehead atoms. The molecule has 1 saturated carbocycles. The van der Waals surface area contributed by atoms with Crippen LogP contribution in [0.1, 0.15) is 90.9 Å². The fourth-order valence-corrected chi connectivity index (χ4v) is 5.26. The van der Waals surface area contributed by atoms with Crippen molar-refractivity contribution in [3.63, 3.8) is 0 Å². The van der Waals surface area contributed by atoms with Gasteiger partial charge in [0.2, 0.25) is 0 Å². The Kier molecular flexibility index (Phi) is 9.05. The average molecular weight is 467 g/mol. The van der Waals surface area contributed by atoms with Crippen LogP contribution in [0.25, 0.3) is 0 Å². The predicted octanol–water partition coefficient (Wildman–Crippen LogP) is 4.34. The Labute approximate surface area is 198 Å². The van der Waals surface area contributed by atoms with Gasteiger partial charge < -0.3 is 23.7 Å². The van der Waals surface area contributed by atoms with E-state index in [-0.39, 0.29) is 24.1 Å². The van der Waals surface area contributed by atoms with Crippen molar-refractivity contribution in [2.24, 2.45) is 11.8 Å². The smallest absolute Gasteiger partial charge is 0.309 e. The van der Waals surface area contributed by atoms with Gasteiger partial charge in [0.15, 0.2) is 0 Å². The van der Waals surface area contributed by atoms with Crippen LogP contribution in [0, 0.1) is 11.8 Å². The molecule has 7 nitrogen and oxygen atoms in total. The Morgan fingerprint density at radius 1 is 0.636 bits per heavy atom. The molecule has 0 aromatic rings. The molecule has 8 unspecified atom stereocenters. The van der Waals surface area contributed by atoms with Gasteiger partial charge in [0.1, 0.15) is 0 Å². The molecule has 4 aliphatic rings. The summed E-state index contributed by atoms with van der Waals surface area (Å²) in [6.45, 7) is 5.14. The molecule has 0 aromatic heterocycles. The molecular weight excluding hydrogens is 424 g/mol. The molecule has 188 valence electrons. The molecule has 4 fully saturated rings. The number of epoxide rings is 3. The van der Waals surface area contributed by atoms with Crippen LogP contribution in [0.2, 0.25) is 0 Å². The second kappa shape index (κ2) is 12.0. The minimum absolute atomic E-state index is 0.0952. The number of unbranched alkanes of at least 4 members (excludes halogenated alkanes) is 2. The van der Waals surface area contributed by atoms with Gasteiger partial charge in [-0.25, -0.2) is 0 Å². The monoisotopic (exact) mass is 466 g/mol. The maximum absolute atomic E-state index is 12.8. The summed E-state index contributed by atoms with van der Waals surface area (Å²) in [5, 5.41) is 0. The van der Waals surface area contributed by atoms with E-state index < -0.39 is 11.8 Å². The van der Waals surface area contributed by atoms with Crippen LogP contribution in [0.5, 0.6) is 0 Å². The number of esters is 2. The summed E-state index contributed by atoms with van der Waals surface area (Å²) >= 11 is 0. The molecule has 0 N–H and O–H groups in total. The summed E-state index contributed by atoms with van der Waals surface area (Å²) in [5.41, 5.74) is 0. The van der Waals surface area contributed by atoms with Crippen molar-refractivity contribution in [3.8, 4) is 0 Å². The molecule has 0 radical (unpaired) electrons. The molecule has 4 rings (SSSR count). The van der Waals surface area contributed by atoms with Crippen molar-refractivity contribution < 1.29 is 33.3 Å².